The minimum atomic E-state index is -0.922. The van der Waals surface area contributed by atoms with Crippen molar-refractivity contribution in [2.45, 2.75) is 39.0 Å². The molecule has 1 aliphatic rings. The standard InChI is InChI=1S/C16H18N2O2/c1-11-7-9-12(10-8-11)18-14-6-4-2-3-5-13(14)15(17-18)16(19)20/h7-10H,2-6H2,1H3,(H,19,20). The molecule has 0 atom stereocenters. The van der Waals surface area contributed by atoms with Crippen LogP contribution in [0.25, 0.3) is 5.69 Å². The minimum absolute atomic E-state index is 0.225. The van der Waals surface area contributed by atoms with E-state index >= 15 is 0 Å². The van der Waals surface area contributed by atoms with Crippen LogP contribution in [0.2, 0.25) is 0 Å². The lowest BCUT2D eigenvalue weighted by Gasteiger charge is -2.07. The number of hydrogen-bond donors (Lipinski definition) is 1. The van der Waals surface area contributed by atoms with Crippen molar-refractivity contribution in [3.8, 4) is 5.69 Å². The number of rotatable bonds is 2. The van der Waals surface area contributed by atoms with E-state index in [1.165, 1.54) is 5.56 Å². The molecular formula is C16H18N2O2. The van der Waals surface area contributed by atoms with Gasteiger partial charge < -0.3 is 5.11 Å². The zero-order valence-corrected chi connectivity index (χ0v) is 11.6. The van der Waals surface area contributed by atoms with Crippen LogP contribution in [-0.2, 0) is 12.8 Å². The summed E-state index contributed by atoms with van der Waals surface area (Å²) in [5, 5.41) is 13.7. The average molecular weight is 270 g/mol. The summed E-state index contributed by atoms with van der Waals surface area (Å²) >= 11 is 0. The fourth-order valence-electron chi connectivity index (χ4n) is 2.85. The van der Waals surface area contributed by atoms with E-state index in [2.05, 4.69) is 5.10 Å². The summed E-state index contributed by atoms with van der Waals surface area (Å²) < 4.78 is 1.82. The summed E-state index contributed by atoms with van der Waals surface area (Å²) in [6, 6.07) is 8.05. The molecule has 0 saturated carbocycles. The SMILES string of the molecule is Cc1ccc(-n2nc(C(=O)O)c3c2CCCCC3)cc1. The van der Waals surface area contributed by atoms with Gasteiger partial charge in [0.25, 0.3) is 0 Å². The lowest BCUT2D eigenvalue weighted by atomic mass is 10.1. The maximum atomic E-state index is 11.4. The molecule has 0 spiro atoms. The molecule has 0 radical (unpaired) electrons. The van der Waals surface area contributed by atoms with E-state index in [1.807, 2.05) is 35.9 Å². The highest BCUT2D eigenvalue weighted by molar-refractivity contribution is 5.87. The van der Waals surface area contributed by atoms with Crippen molar-refractivity contribution >= 4 is 5.97 Å². The molecule has 1 aromatic heterocycles. The van der Waals surface area contributed by atoms with Crippen LogP contribution in [0.5, 0.6) is 0 Å². The molecule has 2 aromatic rings. The average Bonchev–Trinajstić information content (AvgIpc) is 2.63. The van der Waals surface area contributed by atoms with Crippen LogP contribution in [0.1, 0.15) is 46.6 Å². The highest BCUT2D eigenvalue weighted by Crippen LogP contribution is 2.26. The number of fused-ring (bicyclic) bond motifs is 1. The highest BCUT2D eigenvalue weighted by atomic mass is 16.4. The number of nitrogens with zero attached hydrogens (tertiary/aromatic N) is 2. The van der Waals surface area contributed by atoms with Crippen LogP contribution in [-0.4, -0.2) is 20.9 Å². The lowest BCUT2D eigenvalue weighted by molar-refractivity contribution is 0.0688. The number of benzene rings is 1. The van der Waals surface area contributed by atoms with Gasteiger partial charge in [0, 0.05) is 11.3 Å². The Hall–Kier alpha value is -2.10. The molecule has 0 saturated heterocycles. The second-order valence-corrected chi connectivity index (χ2v) is 5.39. The predicted molar refractivity (Wildman–Crippen MR) is 76.5 cm³/mol. The van der Waals surface area contributed by atoms with Gasteiger partial charge in [-0.25, -0.2) is 9.48 Å². The Morgan fingerprint density at radius 1 is 1.15 bits per heavy atom. The molecule has 0 aliphatic heterocycles. The van der Waals surface area contributed by atoms with E-state index in [4.69, 9.17) is 0 Å². The van der Waals surface area contributed by atoms with Crippen LogP contribution in [0.4, 0.5) is 0 Å². The monoisotopic (exact) mass is 270 g/mol. The number of aromatic carboxylic acids is 1. The van der Waals surface area contributed by atoms with Crippen molar-refractivity contribution in [3.05, 3.63) is 46.8 Å². The number of aryl methyl sites for hydroxylation is 1. The van der Waals surface area contributed by atoms with Gasteiger partial charge in [-0.2, -0.15) is 5.10 Å². The van der Waals surface area contributed by atoms with Crippen LogP contribution in [0.15, 0.2) is 24.3 Å². The summed E-state index contributed by atoms with van der Waals surface area (Å²) in [5.74, 6) is -0.922. The second kappa shape index (κ2) is 5.12. The summed E-state index contributed by atoms with van der Waals surface area (Å²) in [6.45, 7) is 2.04. The number of carboxylic acid groups (broad SMARTS) is 1. The van der Waals surface area contributed by atoms with E-state index in [0.29, 0.717) is 0 Å². The third-order valence-corrected chi connectivity index (χ3v) is 3.91. The van der Waals surface area contributed by atoms with Crippen LogP contribution in [0, 0.1) is 6.92 Å². The Labute approximate surface area is 118 Å². The Morgan fingerprint density at radius 3 is 2.55 bits per heavy atom. The first-order valence-corrected chi connectivity index (χ1v) is 7.08. The quantitative estimate of drug-likeness (QED) is 0.853. The molecule has 0 amide bonds. The smallest absolute Gasteiger partial charge is 0.356 e. The van der Waals surface area contributed by atoms with Crippen molar-refractivity contribution in [1.82, 2.24) is 9.78 Å². The maximum Gasteiger partial charge on any atom is 0.356 e. The van der Waals surface area contributed by atoms with E-state index < -0.39 is 5.97 Å². The molecule has 0 unspecified atom stereocenters. The third-order valence-electron chi connectivity index (χ3n) is 3.91. The first-order chi connectivity index (χ1) is 9.66. The molecule has 1 aliphatic carbocycles. The maximum absolute atomic E-state index is 11.4. The van der Waals surface area contributed by atoms with Crippen molar-refractivity contribution in [3.63, 3.8) is 0 Å². The Kier molecular flexibility index (Phi) is 3.30. The van der Waals surface area contributed by atoms with Gasteiger partial charge >= 0.3 is 5.97 Å². The topological polar surface area (TPSA) is 55.1 Å². The molecule has 1 heterocycles. The summed E-state index contributed by atoms with van der Waals surface area (Å²) in [7, 11) is 0. The van der Waals surface area contributed by atoms with E-state index in [9.17, 15) is 9.90 Å². The second-order valence-electron chi connectivity index (χ2n) is 5.39. The van der Waals surface area contributed by atoms with Gasteiger partial charge in [0.05, 0.1) is 5.69 Å². The molecule has 4 heteroatoms. The normalized spacial score (nSPS) is 14.7. The van der Waals surface area contributed by atoms with Crippen molar-refractivity contribution in [1.29, 1.82) is 0 Å². The molecule has 4 nitrogen and oxygen atoms in total. The molecule has 104 valence electrons. The van der Waals surface area contributed by atoms with Gasteiger partial charge in [-0.1, -0.05) is 24.1 Å². The highest BCUT2D eigenvalue weighted by Gasteiger charge is 2.24. The number of hydrogen-bond acceptors (Lipinski definition) is 2. The molecule has 1 N–H and O–H groups in total. The van der Waals surface area contributed by atoms with Crippen LogP contribution in [0.3, 0.4) is 0 Å². The number of carboxylic acids is 1. The number of carbonyl (C=O) groups is 1. The molecule has 0 bridgehead atoms. The first kappa shape index (κ1) is 12.9. The van der Waals surface area contributed by atoms with Crippen LogP contribution >= 0.6 is 0 Å². The molecule has 3 rings (SSSR count). The van der Waals surface area contributed by atoms with Gasteiger partial charge in [-0.3, -0.25) is 0 Å². The van der Waals surface area contributed by atoms with Gasteiger partial charge in [-0.15, -0.1) is 0 Å². The first-order valence-electron chi connectivity index (χ1n) is 7.08. The van der Waals surface area contributed by atoms with Gasteiger partial charge in [0.15, 0.2) is 5.69 Å². The van der Waals surface area contributed by atoms with E-state index in [0.717, 1.165) is 49.0 Å². The fourth-order valence-corrected chi connectivity index (χ4v) is 2.85. The van der Waals surface area contributed by atoms with Crippen molar-refractivity contribution < 1.29 is 9.90 Å². The predicted octanol–water partition coefficient (Wildman–Crippen LogP) is 3.15. The van der Waals surface area contributed by atoms with Crippen molar-refractivity contribution in [2.24, 2.45) is 0 Å². The molecular weight excluding hydrogens is 252 g/mol. The Balaban J connectivity index is 2.15. The van der Waals surface area contributed by atoms with E-state index in [-0.39, 0.29) is 5.69 Å². The molecule has 0 fully saturated rings. The van der Waals surface area contributed by atoms with Crippen LogP contribution < -0.4 is 0 Å². The molecule has 20 heavy (non-hydrogen) atoms. The summed E-state index contributed by atoms with van der Waals surface area (Å²) in [4.78, 5) is 11.4. The largest absolute Gasteiger partial charge is 0.476 e. The van der Waals surface area contributed by atoms with Gasteiger partial charge in [-0.05, 0) is 44.7 Å². The Morgan fingerprint density at radius 2 is 1.85 bits per heavy atom. The Bertz CT molecular complexity index is 641. The number of aromatic nitrogens is 2. The zero-order valence-electron chi connectivity index (χ0n) is 11.6. The van der Waals surface area contributed by atoms with Gasteiger partial charge in [0.2, 0.25) is 0 Å². The third kappa shape index (κ3) is 2.22. The molecule has 1 aromatic carbocycles. The minimum Gasteiger partial charge on any atom is -0.476 e. The summed E-state index contributed by atoms with van der Waals surface area (Å²) in [5.41, 5.74) is 4.36. The van der Waals surface area contributed by atoms with Gasteiger partial charge in [0.1, 0.15) is 0 Å². The fraction of sp³-hybridized carbons (Fsp3) is 0.375. The summed E-state index contributed by atoms with van der Waals surface area (Å²) in [6.07, 6.45) is 5.03. The van der Waals surface area contributed by atoms with E-state index in [1.54, 1.807) is 0 Å². The zero-order chi connectivity index (χ0) is 14.1. The lowest BCUT2D eigenvalue weighted by Crippen LogP contribution is -2.04. The van der Waals surface area contributed by atoms with Crippen molar-refractivity contribution in [2.75, 3.05) is 0 Å².